The summed E-state index contributed by atoms with van der Waals surface area (Å²) in [6.45, 7) is 4.46. The lowest BCUT2D eigenvalue weighted by molar-refractivity contribution is 0.508. The summed E-state index contributed by atoms with van der Waals surface area (Å²) in [6, 6.07) is 10.3. The third-order valence-electron chi connectivity index (χ3n) is 2.47. The molecule has 72 valence electrons. The minimum atomic E-state index is 0.177. The highest BCUT2D eigenvalue weighted by Crippen LogP contribution is 2.28. The number of halogens is 1. The molecule has 0 amide bonds. The second-order valence-electron chi connectivity index (χ2n) is 3.63. The van der Waals surface area contributed by atoms with Crippen LogP contribution in [0, 0.1) is 5.92 Å². The van der Waals surface area contributed by atoms with Gasteiger partial charge in [-0.2, -0.15) is 0 Å². The van der Waals surface area contributed by atoms with E-state index in [-0.39, 0.29) is 5.38 Å². The zero-order valence-corrected chi connectivity index (χ0v) is 9.09. The Kier molecular flexibility index (Phi) is 4.31. The van der Waals surface area contributed by atoms with E-state index in [0.29, 0.717) is 5.92 Å². The van der Waals surface area contributed by atoms with Crippen molar-refractivity contribution < 1.29 is 0 Å². The molecule has 13 heavy (non-hydrogen) atoms. The van der Waals surface area contributed by atoms with Crippen LogP contribution >= 0.6 is 11.6 Å². The molecule has 0 heterocycles. The molecule has 0 nitrogen and oxygen atoms in total. The first-order valence-corrected chi connectivity index (χ1v) is 5.36. The van der Waals surface area contributed by atoms with E-state index >= 15 is 0 Å². The van der Waals surface area contributed by atoms with Crippen molar-refractivity contribution in [2.75, 3.05) is 0 Å². The molecule has 1 aromatic carbocycles. The third kappa shape index (κ3) is 3.40. The van der Waals surface area contributed by atoms with Crippen molar-refractivity contribution in [1.82, 2.24) is 0 Å². The lowest BCUT2D eigenvalue weighted by Crippen LogP contribution is -1.98. The largest absolute Gasteiger partial charge is 0.118 e. The molecule has 0 N–H and O–H groups in total. The summed E-state index contributed by atoms with van der Waals surface area (Å²) in [4.78, 5) is 0. The molecule has 1 rings (SSSR count). The fourth-order valence-corrected chi connectivity index (χ4v) is 1.77. The average molecular weight is 197 g/mol. The molecule has 2 unspecified atom stereocenters. The van der Waals surface area contributed by atoms with Gasteiger partial charge in [-0.1, -0.05) is 50.6 Å². The Balaban J connectivity index is 2.53. The summed E-state index contributed by atoms with van der Waals surface area (Å²) in [6.07, 6.45) is 2.28. The third-order valence-corrected chi connectivity index (χ3v) is 2.90. The van der Waals surface area contributed by atoms with Gasteiger partial charge in [-0.15, -0.1) is 11.6 Å². The number of rotatable bonds is 4. The van der Waals surface area contributed by atoms with Crippen molar-refractivity contribution >= 4 is 11.6 Å². The molecule has 0 saturated heterocycles. The molecular weight excluding hydrogens is 180 g/mol. The van der Waals surface area contributed by atoms with E-state index in [1.54, 1.807) is 0 Å². The first-order chi connectivity index (χ1) is 6.24. The SMILES string of the molecule is CCC(C)CC(Cl)c1ccccc1. The van der Waals surface area contributed by atoms with E-state index in [9.17, 15) is 0 Å². The van der Waals surface area contributed by atoms with E-state index in [1.165, 1.54) is 12.0 Å². The summed E-state index contributed by atoms with van der Waals surface area (Å²) in [7, 11) is 0. The van der Waals surface area contributed by atoms with Gasteiger partial charge in [0.2, 0.25) is 0 Å². The number of hydrogen-bond acceptors (Lipinski definition) is 0. The van der Waals surface area contributed by atoms with Gasteiger partial charge in [-0.3, -0.25) is 0 Å². The highest BCUT2D eigenvalue weighted by atomic mass is 35.5. The molecular formula is C12H17Cl. The van der Waals surface area contributed by atoms with Crippen LogP contribution in [0.25, 0.3) is 0 Å². The smallest absolute Gasteiger partial charge is 0.0587 e. The monoisotopic (exact) mass is 196 g/mol. The quantitative estimate of drug-likeness (QED) is 0.627. The highest BCUT2D eigenvalue weighted by molar-refractivity contribution is 6.20. The van der Waals surface area contributed by atoms with Crippen molar-refractivity contribution in [2.45, 2.75) is 32.1 Å². The maximum atomic E-state index is 6.28. The van der Waals surface area contributed by atoms with Gasteiger partial charge < -0.3 is 0 Å². The fraction of sp³-hybridized carbons (Fsp3) is 0.500. The molecule has 0 aromatic heterocycles. The Morgan fingerprint density at radius 1 is 1.23 bits per heavy atom. The molecule has 0 bridgehead atoms. The zero-order valence-electron chi connectivity index (χ0n) is 8.33. The molecule has 1 heteroatoms. The normalized spacial score (nSPS) is 15.3. The fourth-order valence-electron chi connectivity index (χ4n) is 1.32. The Hall–Kier alpha value is -0.490. The lowest BCUT2D eigenvalue weighted by Gasteiger charge is -2.13. The van der Waals surface area contributed by atoms with Gasteiger partial charge in [0.05, 0.1) is 5.38 Å². The molecule has 2 atom stereocenters. The van der Waals surface area contributed by atoms with E-state index in [1.807, 2.05) is 18.2 Å². The van der Waals surface area contributed by atoms with Gasteiger partial charge in [0.25, 0.3) is 0 Å². The van der Waals surface area contributed by atoms with Crippen LogP contribution in [-0.4, -0.2) is 0 Å². The van der Waals surface area contributed by atoms with Gasteiger partial charge in [-0.25, -0.2) is 0 Å². The molecule has 0 aliphatic rings. The summed E-state index contributed by atoms with van der Waals surface area (Å²) in [5.74, 6) is 0.711. The number of alkyl halides is 1. The van der Waals surface area contributed by atoms with Crippen LogP contribution in [0.2, 0.25) is 0 Å². The molecule has 0 saturated carbocycles. The summed E-state index contributed by atoms with van der Waals surface area (Å²) >= 11 is 6.28. The molecule has 0 aliphatic heterocycles. The lowest BCUT2D eigenvalue weighted by atomic mass is 9.99. The summed E-state index contributed by atoms with van der Waals surface area (Å²) < 4.78 is 0. The predicted octanol–water partition coefficient (Wildman–Crippen LogP) is 4.40. The highest BCUT2D eigenvalue weighted by Gasteiger charge is 2.10. The standard InChI is InChI=1S/C12H17Cl/c1-3-10(2)9-12(13)11-7-5-4-6-8-11/h4-8,10,12H,3,9H2,1-2H3. The summed E-state index contributed by atoms with van der Waals surface area (Å²) in [5, 5.41) is 0.177. The van der Waals surface area contributed by atoms with E-state index in [4.69, 9.17) is 11.6 Å². The average Bonchev–Trinajstić information content (AvgIpc) is 2.19. The van der Waals surface area contributed by atoms with Crippen molar-refractivity contribution in [3.05, 3.63) is 35.9 Å². The van der Waals surface area contributed by atoms with E-state index in [0.717, 1.165) is 6.42 Å². The molecule has 0 fully saturated rings. The van der Waals surface area contributed by atoms with Gasteiger partial charge in [0.15, 0.2) is 0 Å². The van der Waals surface area contributed by atoms with Gasteiger partial charge in [0, 0.05) is 0 Å². The van der Waals surface area contributed by atoms with Crippen LogP contribution in [0.5, 0.6) is 0 Å². The van der Waals surface area contributed by atoms with Crippen LogP contribution in [-0.2, 0) is 0 Å². The second-order valence-corrected chi connectivity index (χ2v) is 4.15. The van der Waals surface area contributed by atoms with Crippen LogP contribution in [0.3, 0.4) is 0 Å². The molecule has 0 spiro atoms. The maximum absolute atomic E-state index is 6.28. The van der Waals surface area contributed by atoms with E-state index in [2.05, 4.69) is 26.0 Å². The Morgan fingerprint density at radius 2 is 1.85 bits per heavy atom. The van der Waals surface area contributed by atoms with Crippen molar-refractivity contribution in [3.63, 3.8) is 0 Å². The second kappa shape index (κ2) is 5.29. The van der Waals surface area contributed by atoms with Crippen LogP contribution in [0.15, 0.2) is 30.3 Å². The Morgan fingerprint density at radius 3 is 2.38 bits per heavy atom. The molecule has 0 aliphatic carbocycles. The number of hydrogen-bond donors (Lipinski definition) is 0. The Bertz CT molecular complexity index is 230. The first-order valence-electron chi connectivity index (χ1n) is 4.93. The zero-order chi connectivity index (χ0) is 9.68. The van der Waals surface area contributed by atoms with Crippen LogP contribution in [0.1, 0.15) is 37.6 Å². The van der Waals surface area contributed by atoms with Crippen LogP contribution in [0.4, 0.5) is 0 Å². The maximum Gasteiger partial charge on any atom is 0.0587 e. The van der Waals surface area contributed by atoms with E-state index < -0.39 is 0 Å². The van der Waals surface area contributed by atoms with Crippen molar-refractivity contribution in [3.8, 4) is 0 Å². The Labute approximate surface area is 85.9 Å². The van der Waals surface area contributed by atoms with Gasteiger partial charge in [-0.05, 0) is 17.9 Å². The number of benzene rings is 1. The first kappa shape index (κ1) is 10.6. The van der Waals surface area contributed by atoms with Crippen molar-refractivity contribution in [1.29, 1.82) is 0 Å². The molecule has 0 radical (unpaired) electrons. The van der Waals surface area contributed by atoms with Gasteiger partial charge in [0.1, 0.15) is 0 Å². The minimum absolute atomic E-state index is 0.177. The predicted molar refractivity (Wildman–Crippen MR) is 59.1 cm³/mol. The molecule has 1 aromatic rings. The summed E-state index contributed by atoms with van der Waals surface area (Å²) in [5.41, 5.74) is 1.24. The van der Waals surface area contributed by atoms with Crippen molar-refractivity contribution in [2.24, 2.45) is 5.92 Å². The van der Waals surface area contributed by atoms with Crippen LogP contribution < -0.4 is 0 Å². The van der Waals surface area contributed by atoms with Gasteiger partial charge >= 0.3 is 0 Å². The topological polar surface area (TPSA) is 0 Å². The minimum Gasteiger partial charge on any atom is -0.118 e.